The first-order chi connectivity index (χ1) is 9.20. The molecule has 0 N–H and O–H groups in total. The minimum atomic E-state index is -3.68. The quantitative estimate of drug-likeness (QED) is 0.831. The molecule has 0 saturated heterocycles. The molecule has 4 nitrogen and oxygen atoms in total. The molecule has 0 amide bonds. The maximum Gasteiger partial charge on any atom is 0.245 e. The summed E-state index contributed by atoms with van der Waals surface area (Å²) in [5, 5.41) is 9.31. The molecule has 0 atom stereocenters. The standard InChI is InChI=1S/C14H17BrN2O2S/c1-10-4-5-11(15)8-13(10)20(18,19)17(12-6-7-12)14(2,3)9-16/h4-5,8,12H,6-7H2,1-3H3. The summed E-state index contributed by atoms with van der Waals surface area (Å²) in [6.07, 6.45) is 1.63. The van der Waals surface area contributed by atoms with Gasteiger partial charge < -0.3 is 0 Å². The lowest BCUT2D eigenvalue weighted by molar-refractivity contribution is 0.280. The highest BCUT2D eigenvalue weighted by atomic mass is 79.9. The van der Waals surface area contributed by atoms with E-state index in [1.54, 1.807) is 32.9 Å². The average Bonchev–Trinajstić information content (AvgIpc) is 3.16. The first kappa shape index (κ1) is 15.5. The minimum Gasteiger partial charge on any atom is -0.207 e. The van der Waals surface area contributed by atoms with Crippen molar-refractivity contribution in [2.45, 2.75) is 50.1 Å². The Morgan fingerprint density at radius 1 is 1.40 bits per heavy atom. The van der Waals surface area contributed by atoms with Crippen LogP contribution in [0.3, 0.4) is 0 Å². The number of benzene rings is 1. The van der Waals surface area contributed by atoms with E-state index in [4.69, 9.17) is 0 Å². The lowest BCUT2D eigenvalue weighted by atomic mass is 10.1. The fourth-order valence-corrected chi connectivity index (χ4v) is 4.99. The van der Waals surface area contributed by atoms with Gasteiger partial charge in [-0.1, -0.05) is 22.0 Å². The molecule has 1 aliphatic rings. The molecule has 108 valence electrons. The van der Waals surface area contributed by atoms with Crippen molar-refractivity contribution in [3.8, 4) is 6.07 Å². The summed E-state index contributed by atoms with van der Waals surface area (Å²) < 4.78 is 28.0. The van der Waals surface area contributed by atoms with E-state index in [-0.39, 0.29) is 10.9 Å². The Bertz CT molecular complexity index is 673. The fraction of sp³-hybridized carbons (Fsp3) is 0.500. The van der Waals surface area contributed by atoms with Crippen molar-refractivity contribution in [1.82, 2.24) is 4.31 Å². The predicted octanol–water partition coefficient (Wildman–Crippen LogP) is 3.21. The molecule has 0 bridgehead atoms. The van der Waals surface area contributed by atoms with Gasteiger partial charge in [0.05, 0.1) is 11.0 Å². The molecule has 0 radical (unpaired) electrons. The van der Waals surface area contributed by atoms with Gasteiger partial charge in [0.2, 0.25) is 10.0 Å². The molecule has 0 heterocycles. The van der Waals surface area contributed by atoms with Crippen molar-refractivity contribution in [3.63, 3.8) is 0 Å². The van der Waals surface area contributed by atoms with E-state index in [1.807, 2.05) is 6.07 Å². The van der Waals surface area contributed by atoms with Crippen molar-refractivity contribution in [2.75, 3.05) is 0 Å². The van der Waals surface area contributed by atoms with Crippen LogP contribution in [0.15, 0.2) is 27.6 Å². The first-order valence-electron chi connectivity index (χ1n) is 6.42. The topological polar surface area (TPSA) is 61.2 Å². The fourth-order valence-electron chi connectivity index (χ4n) is 2.27. The van der Waals surface area contributed by atoms with Crippen LogP contribution in [-0.2, 0) is 10.0 Å². The molecule has 0 aromatic heterocycles. The van der Waals surface area contributed by atoms with Gasteiger partial charge >= 0.3 is 0 Å². The molecule has 6 heteroatoms. The van der Waals surface area contributed by atoms with Gasteiger partial charge in [0, 0.05) is 10.5 Å². The Balaban J connectivity index is 2.58. The highest BCUT2D eigenvalue weighted by Crippen LogP contribution is 2.38. The Hall–Kier alpha value is -0.900. The molecular formula is C14H17BrN2O2S. The zero-order valence-corrected chi connectivity index (χ0v) is 14.1. The normalized spacial score (nSPS) is 16.2. The number of hydrogen-bond acceptors (Lipinski definition) is 3. The van der Waals surface area contributed by atoms with E-state index in [1.165, 1.54) is 4.31 Å². The van der Waals surface area contributed by atoms with Gasteiger partial charge in [-0.25, -0.2) is 8.42 Å². The predicted molar refractivity (Wildman–Crippen MR) is 80.6 cm³/mol. The van der Waals surface area contributed by atoms with E-state index in [2.05, 4.69) is 22.0 Å². The smallest absolute Gasteiger partial charge is 0.207 e. The van der Waals surface area contributed by atoms with Crippen LogP contribution in [0.25, 0.3) is 0 Å². The molecule has 0 spiro atoms. The van der Waals surface area contributed by atoms with Gasteiger partial charge in [0.1, 0.15) is 5.54 Å². The lowest BCUT2D eigenvalue weighted by Crippen LogP contribution is -2.48. The van der Waals surface area contributed by atoms with Crippen molar-refractivity contribution in [1.29, 1.82) is 5.26 Å². The molecule has 0 aliphatic heterocycles. The third-order valence-corrected chi connectivity index (χ3v) is 6.15. The maximum atomic E-state index is 12.9. The summed E-state index contributed by atoms with van der Waals surface area (Å²) in [6.45, 7) is 5.07. The summed E-state index contributed by atoms with van der Waals surface area (Å²) in [5.74, 6) is 0. The number of aryl methyl sites for hydroxylation is 1. The first-order valence-corrected chi connectivity index (χ1v) is 8.65. The Labute approximate surface area is 128 Å². The summed E-state index contributed by atoms with van der Waals surface area (Å²) in [4.78, 5) is 0.266. The molecule has 1 fully saturated rings. The molecule has 20 heavy (non-hydrogen) atoms. The number of hydrogen-bond donors (Lipinski definition) is 0. The highest BCUT2D eigenvalue weighted by molar-refractivity contribution is 9.10. The Morgan fingerprint density at radius 2 is 2.00 bits per heavy atom. The Kier molecular flexibility index (Phi) is 3.98. The molecular weight excluding hydrogens is 340 g/mol. The van der Waals surface area contributed by atoms with Gasteiger partial charge in [-0.15, -0.1) is 0 Å². The molecule has 2 rings (SSSR count). The van der Waals surface area contributed by atoms with Crippen LogP contribution < -0.4 is 0 Å². The largest absolute Gasteiger partial charge is 0.245 e. The van der Waals surface area contributed by atoms with E-state index in [0.717, 1.165) is 12.8 Å². The number of nitriles is 1. The van der Waals surface area contributed by atoms with Crippen molar-refractivity contribution >= 4 is 26.0 Å². The van der Waals surface area contributed by atoms with Crippen LogP contribution in [0.4, 0.5) is 0 Å². The zero-order valence-electron chi connectivity index (χ0n) is 11.7. The second kappa shape index (κ2) is 5.14. The number of halogens is 1. The number of sulfonamides is 1. The summed E-state index contributed by atoms with van der Waals surface area (Å²) in [7, 11) is -3.68. The van der Waals surface area contributed by atoms with Crippen LogP contribution in [0.1, 0.15) is 32.3 Å². The van der Waals surface area contributed by atoms with Gasteiger partial charge in [0.25, 0.3) is 0 Å². The Morgan fingerprint density at radius 3 is 2.50 bits per heavy atom. The van der Waals surface area contributed by atoms with E-state index < -0.39 is 15.6 Å². The third kappa shape index (κ3) is 2.76. The number of nitrogens with zero attached hydrogens (tertiary/aromatic N) is 2. The summed E-state index contributed by atoms with van der Waals surface area (Å²) in [5.41, 5.74) is -0.359. The van der Waals surface area contributed by atoms with Gasteiger partial charge in [-0.2, -0.15) is 9.57 Å². The van der Waals surface area contributed by atoms with Gasteiger partial charge in [-0.3, -0.25) is 0 Å². The van der Waals surface area contributed by atoms with Crippen LogP contribution in [-0.4, -0.2) is 24.3 Å². The van der Waals surface area contributed by atoms with Crippen molar-refractivity contribution in [3.05, 3.63) is 28.2 Å². The van der Waals surface area contributed by atoms with E-state index in [0.29, 0.717) is 10.0 Å². The van der Waals surface area contributed by atoms with E-state index in [9.17, 15) is 13.7 Å². The van der Waals surface area contributed by atoms with Crippen molar-refractivity contribution in [2.24, 2.45) is 0 Å². The lowest BCUT2D eigenvalue weighted by Gasteiger charge is -2.32. The molecule has 1 aromatic rings. The maximum absolute atomic E-state index is 12.9. The van der Waals surface area contributed by atoms with Crippen LogP contribution in [0.2, 0.25) is 0 Å². The second-order valence-corrected chi connectivity index (χ2v) is 8.31. The zero-order chi connectivity index (χ0) is 15.1. The minimum absolute atomic E-state index is 0.0620. The second-order valence-electron chi connectivity index (χ2n) is 5.61. The van der Waals surface area contributed by atoms with Crippen molar-refractivity contribution < 1.29 is 8.42 Å². The molecule has 1 aliphatic carbocycles. The summed E-state index contributed by atoms with van der Waals surface area (Å²) in [6, 6.07) is 7.23. The molecule has 1 aromatic carbocycles. The monoisotopic (exact) mass is 356 g/mol. The van der Waals surface area contributed by atoms with Crippen LogP contribution in [0, 0.1) is 18.3 Å². The van der Waals surface area contributed by atoms with Gasteiger partial charge in [-0.05, 0) is 51.3 Å². The third-order valence-electron chi connectivity index (χ3n) is 3.39. The molecule has 1 saturated carbocycles. The average molecular weight is 357 g/mol. The highest BCUT2D eigenvalue weighted by Gasteiger charge is 2.47. The summed E-state index contributed by atoms with van der Waals surface area (Å²) >= 11 is 3.31. The van der Waals surface area contributed by atoms with Gasteiger partial charge in [0.15, 0.2) is 0 Å². The SMILES string of the molecule is Cc1ccc(Br)cc1S(=O)(=O)N(C1CC1)C(C)(C)C#N. The van der Waals surface area contributed by atoms with Crippen LogP contribution in [0.5, 0.6) is 0 Å². The van der Waals surface area contributed by atoms with Crippen LogP contribution >= 0.6 is 15.9 Å². The van der Waals surface area contributed by atoms with E-state index >= 15 is 0 Å². The molecule has 0 unspecified atom stereocenters. The number of rotatable bonds is 4.